The molecule has 0 atom stereocenters. The molecule has 15 heavy (non-hydrogen) atoms. The Bertz CT molecular complexity index is 322. The number of carbonyl (C=O) groups excluding carboxylic acids is 1. The highest BCUT2D eigenvalue weighted by Crippen LogP contribution is 2.14. The Morgan fingerprint density at radius 1 is 1.27 bits per heavy atom. The summed E-state index contributed by atoms with van der Waals surface area (Å²) in [7, 11) is 1.62. The highest BCUT2D eigenvalue weighted by Gasteiger charge is 2.07. The molecule has 0 heterocycles. The predicted molar refractivity (Wildman–Crippen MR) is 61.1 cm³/mol. The van der Waals surface area contributed by atoms with Gasteiger partial charge in [0.25, 0.3) is 0 Å². The average molecular weight is 206 g/mol. The quantitative estimate of drug-likeness (QED) is 0.739. The van der Waals surface area contributed by atoms with Crippen LogP contribution in [0, 0.1) is 13.8 Å². The molecule has 0 fully saturated rings. The van der Waals surface area contributed by atoms with Crippen molar-refractivity contribution >= 4 is 5.78 Å². The van der Waals surface area contributed by atoms with Crippen LogP contribution in [0.25, 0.3) is 0 Å². The van der Waals surface area contributed by atoms with E-state index in [0.717, 1.165) is 0 Å². The molecular formula is C13H18O2. The zero-order valence-corrected chi connectivity index (χ0v) is 9.67. The summed E-state index contributed by atoms with van der Waals surface area (Å²) < 4.78 is 4.89. The van der Waals surface area contributed by atoms with Gasteiger partial charge in [0.05, 0.1) is 6.61 Å². The van der Waals surface area contributed by atoms with Gasteiger partial charge >= 0.3 is 0 Å². The van der Waals surface area contributed by atoms with Crippen molar-refractivity contribution in [3.05, 3.63) is 34.9 Å². The van der Waals surface area contributed by atoms with E-state index in [0.29, 0.717) is 19.4 Å². The van der Waals surface area contributed by atoms with Crippen molar-refractivity contribution in [2.24, 2.45) is 0 Å². The topological polar surface area (TPSA) is 26.3 Å². The number of hydrogen-bond donors (Lipinski definition) is 0. The van der Waals surface area contributed by atoms with Crippen LogP contribution in [0.15, 0.2) is 18.2 Å². The van der Waals surface area contributed by atoms with Crippen molar-refractivity contribution in [2.45, 2.75) is 26.7 Å². The van der Waals surface area contributed by atoms with Gasteiger partial charge in [0, 0.05) is 20.0 Å². The molecule has 0 aliphatic carbocycles. The highest BCUT2D eigenvalue weighted by molar-refractivity contribution is 5.81. The van der Waals surface area contributed by atoms with Gasteiger partial charge < -0.3 is 4.74 Å². The van der Waals surface area contributed by atoms with E-state index in [1.807, 2.05) is 32.0 Å². The minimum absolute atomic E-state index is 0.245. The molecule has 0 radical (unpaired) electrons. The molecule has 1 aromatic carbocycles. The molecule has 1 aromatic rings. The van der Waals surface area contributed by atoms with Gasteiger partial charge in [-0.1, -0.05) is 18.2 Å². The maximum Gasteiger partial charge on any atom is 0.139 e. The minimum Gasteiger partial charge on any atom is -0.384 e. The standard InChI is InChI=1S/C13H18O2/c1-10-5-4-6-11(2)13(10)9-12(14)7-8-15-3/h4-6H,7-9H2,1-3H3. The normalized spacial score (nSPS) is 10.3. The largest absolute Gasteiger partial charge is 0.384 e. The van der Waals surface area contributed by atoms with Gasteiger partial charge in [-0.05, 0) is 30.5 Å². The first-order valence-electron chi connectivity index (χ1n) is 5.21. The Kier molecular flexibility index (Phi) is 4.50. The Morgan fingerprint density at radius 2 is 1.87 bits per heavy atom. The first-order chi connectivity index (χ1) is 7.15. The summed E-state index contributed by atoms with van der Waals surface area (Å²) in [5, 5.41) is 0. The molecule has 0 spiro atoms. The molecule has 0 saturated heterocycles. The van der Waals surface area contributed by atoms with Crippen LogP contribution in [0.5, 0.6) is 0 Å². The first-order valence-corrected chi connectivity index (χ1v) is 5.21. The van der Waals surface area contributed by atoms with E-state index in [1.165, 1.54) is 16.7 Å². The van der Waals surface area contributed by atoms with E-state index in [2.05, 4.69) is 0 Å². The molecule has 1 rings (SSSR count). The number of rotatable bonds is 5. The number of ketones is 1. The van der Waals surface area contributed by atoms with Gasteiger partial charge in [-0.3, -0.25) is 4.79 Å². The molecule has 0 aliphatic heterocycles. The molecule has 0 unspecified atom stereocenters. The van der Waals surface area contributed by atoms with Crippen LogP contribution in [-0.4, -0.2) is 19.5 Å². The molecule has 0 saturated carbocycles. The summed E-state index contributed by atoms with van der Waals surface area (Å²) in [6.07, 6.45) is 1.03. The third kappa shape index (κ3) is 3.48. The van der Waals surface area contributed by atoms with Gasteiger partial charge in [0.15, 0.2) is 0 Å². The molecule has 0 bridgehead atoms. The van der Waals surface area contributed by atoms with E-state index in [4.69, 9.17) is 4.74 Å². The van der Waals surface area contributed by atoms with Crippen molar-refractivity contribution in [1.82, 2.24) is 0 Å². The van der Waals surface area contributed by atoms with Gasteiger partial charge in [-0.25, -0.2) is 0 Å². The minimum atomic E-state index is 0.245. The molecule has 2 nitrogen and oxygen atoms in total. The molecule has 0 N–H and O–H groups in total. The fraction of sp³-hybridized carbons (Fsp3) is 0.462. The average Bonchev–Trinajstić information content (AvgIpc) is 2.21. The highest BCUT2D eigenvalue weighted by atomic mass is 16.5. The monoisotopic (exact) mass is 206 g/mol. The van der Waals surface area contributed by atoms with Crippen LogP contribution in [-0.2, 0) is 16.0 Å². The molecular weight excluding hydrogens is 188 g/mol. The number of benzene rings is 1. The molecule has 0 aliphatic rings. The third-order valence-electron chi connectivity index (χ3n) is 2.60. The van der Waals surface area contributed by atoms with E-state index >= 15 is 0 Å². The van der Waals surface area contributed by atoms with Gasteiger partial charge in [-0.2, -0.15) is 0 Å². The van der Waals surface area contributed by atoms with Gasteiger partial charge in [0.2, 0.25) is 0 Å². The Hall–Kier alpha value is -1.15. The summed E-state index contributed by atoms with van der Waals surface area (Å²) in [5.41, 5.74) is 3.56. The third-order valence-corrected chi connectivity index (χ3v) is 2.60. The van der Waals surface area contributed by atoms with Crippen LogP contribution in [0.1, 0.15) is 23.1 Å². The SMILES string of the molecule is COCCC(=O)Cc1c(C)cccc1C. The number of hydrogen-bond acceptors (Lipinski definition) is 2. The lowest BCUT2D eigenvalue weighted by Gasteiger charge is -2.08. The van der Waals surface area contributed by atoms with Crippen molar-refractivity contribution in [1.29, 1.82) is 0 Å². The summed E-state index contributed by atoms with van der Waals surface area (Å²) in [6.45, 7) is 4.61. The zero-order valence-electron chi connectivity index (χ0n) is 9.67. The fourth-order valence-corrected chi connectivity index (χ4v) is 1.63. The van der Waals surface area contributed by atoms with Gasteiger partial charge in [-0.15, -0.1) is 0 Å². The molecule has 2 heteroatoms. The maximum atomic E-state index is 11.6. The smallest absolute Gasteiger partial charge is 0.139 e. The molecule has 0 aromatic heterocycles. The summed E-state index contributed by atoms with van der Waals surface area (Å²) in [4.78, 5) is 11.6. The summed E-state index contributed by atoms with van der Waals surface area (Å²) in [6, 6.07) is 6.12. The van der Waals surface area contributed by atoms with Crippen LogP contribution >= 0.6 is 0 Å². The predicted octanol–water partition coefficient (Wildman–Crippen LogP) is 2.45. The Labute approximate surface area is 91.3 Å². The number of carbonyl (C=O) groups is 1. The number of methoxy groups -OCH3 is 1. The Balaban J connectivity index is 2.68. The van der Waals surface area contributed by atoms with E-state index in [1.54, 1.807) is 7.11 Å². The molecule has 82 valence electrons. The first kappa shape index (κ1) is 11.9. The van der Waals surface area contributed by atoms with E-state index in [9.17, 15) is 4.79 Å². The van der Waals surface area contributed by atoms with Crippen molar-refractivity contribution in [2.75, 3.05) is 13.7 Å². The van der Waals surface area contributed by atoms with E-state index < -0.39 is 0 Å². The lowest BCUT2D eigenvalue weighted by Crippen LogP contribution is -2.08. The Morgan fingerprint density at radius 3 is 2.40 bits per heavy atom. The van der Waals surface area contributed by atoms with Crippen molar-refractivity contribution < 1.29 is 9.53 Å². The molecule has 0 amide bonds. The number of Topliss-reactive ketones (excluding diaryl/α,β-unsaturated/α-hetero) is 1. The van der Waals surface area contributed by atoms with Crippen molar-refractivity contribution in [3.8, 4) is 0 Å². The second-order valence-corrected chi connectivity index (χ2v) is 3.83. The maximum absolute atomic E-state index is 11.6. The van der Waals surface area contributed by atoms with Crippen LogP contribution in [0.4, 0.5) is 0 Å². The second-order valence-electron chi connectivity index (χ2n) is 3.83. The zero-order chi connectivity index (χ0) is 11.3. The van der Waals surface area contributed by atoms with Crippen LogP contribution < -0.4 is 0 Å². The summed E-state index contributed by atoms with van der Waals surface area (Å²) >= 11 is 0. The van der Waals surface area contributed by atoms with Crippen molar-refractivity contribution in [3.63, 3.8) is 0 Å². The second kappa shape index (κ2) is 5.66. The lowest BCUT2D eigenvalue weighted by molar-refractivity contribution is -0.119. The number of aryl methyl sites for hydroxylation is 2. The fourth-order valence-electron chi connectivity index (χ4n) is 1.63. The van der Waals surface area contributed by atoms with Crippen LogP contribution in [0.2, 0.25) is 0 Å². The number of ether oxygens (including phenoxy) is 1. The lowest BCUT2D eigenvalue weighted by atomic mass is 9.97. The van der Waals surface area contributed by atoms with Gasteiger partial charge in [0.1, 0.15) is 5.78 Å². The van der Waals surface area contributed by atoms with E-state index in [-0.39, 0.29) is 5.78 Å². The van der Waals surface area contributed by atoms with Crippen LogP contribution in [0.3, 0.4) is 0 Å². The summed E-state index contributed by atoms with van der Waals surface area (Å²) in [5.74, 6) is 0.245.